The van der Waals surface area contributed by atoms with E-state index in [1.807, 2.05) is 18.2 Å². The molecule has 8 heteroatoms. The second-order valence-corrected chi connectivity index (χ2v) is 7.93. The maximum atomic E-state index is 13.2. The molecular formula is C24H23F3N2O3. The van der Waals surface area contributed by atoms with Crippen LogP contribution in [0.15, 0.2) is 48.5 Å². The SMILES string of the molecule is O=C(/C=C/c1ccc2c(c1)CCO2)NC(CN1CCCC1=O)c1cccc(C(F)(F)F)c1. The molecule has 0 aromatic heterocycles. The molecule has 0 saturated carbocycles. The normalized spacial score (nSPS) is 16.8. The molecule has 168 valence electrons. The molecule has 1 saturated heterocycles. The van der Waals surface area contributed by atoms with Crippen LogP contribution in [-0.4, -0.2) is 36.4 Å². The minimum atomic E-state index is -4.49. The molecule has 1 unspecified atom stereocenters. The molecule has 1 atom stereocenters. The third kappa shape index (κ3) is 5.12. The van der Waals surface area contributed by atoms with Crippen LogP contribution in [0.4, 0.5) is 13.2 Å². The van der Waals surface area contributed by atoms with Crippen molar-refractivity contribution in [3.63, 3.8) is 0 Å². The Balaban J connectivity index is 1.52. The summed E-state index contributed by atoms with van der Waals surface area (Å²) in [5, 5.41) is 2.77. The molecular weight excluding hydrogens is 421 g/mol. The second-order valence-electron chi connectivity index (χ2n) is 7.93. The molecule has 1 fully saturated rings. The highest BCUT2D eigenvalue weighted by Gasteiger charge is 2.32. The van der Waals surface area contributed by atoms with Crippen molar-refractivity contribution in [2.24, 2.45) is 0 Å². The van der Waals surface area contributed by atoms with Gasteiger partial charge >= 0.3 is 6.18 Å². The lowest BCUT2D eigenvalue weighted by atomic mass is 10.0. The van der Waals surface area contributed by atoms with Crippen LogP contribution in [0, 0.1) is 0 Å². The van der Waals surface area contributed by atoms with Crippen molar-refractivity contribution < 1.29 is 27.5 Å². The lowest BCUT2D eigenvalue weighted by Crippen LogP contribution is -2.38. The van der Waals surface area contributed by atoms with Crippen LogP contribution in [-0.2, 0) is 22.2 Å². The number of nitrogens with zero attached hydrogens (tertiary/aromatic N) is 1. The van der Waals surface area contributed by atoms with Crippen molar-refractivity contribution in [2.75, 3.05) is 19.7 Å². The number of nitrogens with one attached hydrogen (secondary N) is 1. The Labute approximate surface area is 183 Å². The summed E-state index contributed by atoms with van der Waals surface area (Å²) < 4.78 is 45.0. The lowest BCUT2D eigenvalue weighted by Gasteiger charge is -2.25. The standard InChI is InChI=1S/C24H23F3N2O3/c25-24(26,27)19-4-1-3-17(14-19)20(15-29-11-2-5-23(29)31)28-22(30)9-7-16-6-8-21-18(13-16)10-12-32-21/h1,3-4,6-9,13-14,20H,2,5,10-12,15H2,(H,28,30)/b9-7+. The number of rotatable bonds is 6. The van der Waals surface area contributed by atoms with Gasteiger partial charge in [-0.05, 0) is 53.5 Å². The maximum Gasteiger partial charge on any atom is 0.416 e. The van der Waals surface area contributed by atoms with Gasteiger partial charge in [-0.1, -0.05) is 18.2 Å². The first-order valence-corrected chi connectivity index (χ1v) is 10.5. The quantitative estimate of drug-likeness (QED) is 0.682. The molecule has 32 heavy (non-hydrogen) atoms. The number of hydrogen-bond donors (Lipinski definition) is 1. The van der Waals surface area contributed by atoms with Crippen LogP contribution >= 0.6 is 0 Å². The molecule has 2 aliphatic rings. The number of carbonyl (C=O) groups excluding carboxylic acids is 2. The first-order valence-electron chi connectivity index (χ1n) is 10.5. The molecule has 2 aromatic rings. The lowest BCUT2D eigenvalue weighted by molar-refractivity contribution is -0.137. The van der Waals surface area contributed by atoms with Gasteiger partial charge in [0, 0.05) is 32.0 Å². The van der Waals surface area contributed by atoms with Gasteiger partial charge in [0.05, 0.1) is 18.2 Å². The summed E-state index contributed by atoms with van der Waals surface area (Å²) in [6, 6.07) is 9.72. The number of halogens is 3. The number of hydrogen-bond acceptors (Lipinski definition) is 3. The number of likely N-dealkylation sites (tertiary alicyclic amines) is 1. The first-order chi connectivity index (χ1) is 15.3. The van der Waals surface area contributed by atoms with Crippen molar-refractivity contribution >= 4 is 17.9 Å². The van der Waals surface area contributed by atoms with E-state index in [1.165, 1.54) is 18.2 Å². The minimum Gasteiger partial charge on any atom is -0.493 e. The number of amides is 2. The zero-order chi connectivity index (χ0) is 22.7. The Bertz CT molecular complexity index is 1050. The molecule has 5 nitrogen and oxygen atoms in total. The van der Waals surface area contributed by atoms with E-state index in [4.69, 9.17) is 4.74 Å². The Morgan fingerprint density at radius 2 is 2.03 bits per heavy atom. The highest BCUT2D eigenvalue weighted by molar-refractivity contribution is 5.92. The topological polar surface area (TPSA) is 58.6 Å². The predicted octanol–water partition coefficient (Wildman–Crippen LogP) is 4.13. The highest BCUT2D eigenvalue weighted by Crippen LogP contribution is 2.31. The average molecular weight is 444 g/mol. The van der Waals surface area contributed by atoms with Gasteiger partial charge in [-0.25, -0.2) is 0 Å². The van der Waals surface area contributed by atoms with Crippen molar-refractivity contribution in [1.29, 1.82) is 0 Å². The maximum absolute atomic E-state index is 13.2. The summed E-state index contributed by atoms with van der Waals surface area (Å²) in [5.41, 5.74) is 1.41. The summed E-state index contributed by atoms with van der Waals surface area (Å²) in [4.78, 5) is 26.3. The van der Waals surface area contributed by atoms with E-state index >= 15 is 0 Å². The van der Waals surface area contributed by atoms with Crippen LogP contribution < -0.4 is 10.1 Å². The third-order valence-corrected chi connectivity index (χ3v) is 5.65. The molecule has 1 N–H and O–H groups in total. The minimum absolute atomic E-state index is 0.0628. The molecule has 2 heterocycles. The molecule has 0 aliphatic carbocycles. The number of ether oxygens (including phenoxy) is 1. The first kappa shape index (κ1) is 21.9. The Kier molecular flexibility index (Phi) is 6.21. The van der Waals surface area contributed by atoms with Gasteiger partial charge in [-0.15, -0.1) is 0 Å². The zero-order valence-corrected chi connectivity index (χ0v) is 17.3. The van der Waals surface area contributed by atoms with E-state index in [0.29, 0.717) is 31.6 Å². The van der Waals surface area contributed by atoms with Gasteiger partial charge in [-0.3, -0.25) is 9.59 Å². The van der Waals surface area contributed by atoms with Crippen molar-refractivity contribution in [2.45, 2.75) is 31.5 Å². The van der Waals surface area contributed by atoms with Gasteiger partial charge < -0.3 is 15.0 Å². The van der Waals surface area contributed by atoms with Crippen LogP contribution in [0.2, 0.25) is 0 Å². The van der Waals surface area contributed by atoms with E-state index in [2.05, 4.69) is 5.32 Å². The molecule has 2 aromatic carbocycles. The Hall–Kier alpha value is -3.29. The summed E-state index contributed by atoms with van der Waals surface area (Å²) in [7, 11) is 0. The van der Waals surface area contributed by atoms with Gasteiger partial charge in [-0.2, -0.15) is 13.2 Å². The summed E-state index contributed by atoms with van der Waals surface area (Å²) in [6.45, 7) is 1.28. The summed E-state index contributed by atoms with van der Waals surface area (Å²) in [5.74, 6) is 0.328. The van der Waals surface area contributed by atoms with Crippen LogP contribution in [0.1, 0.15) is 41.1 Å². The number of benzene rings is 2. The largest absolute Gasteiger partial charge is 0.493 e. The highest BCUT2D eigenvalue weighted by atomic mass is 19.4. The average Bonchev–Trinajstić information content (AvgIpc) is 3.39. The summed E-state index contributed by atoms with van der Waals surface area (Å²) >= 11 is 0. The van der Waals surface area contributed by atoms with E-state index in [-0.39, 0.29) is 12.5 Å². The molecule has 2 aliphatic heterocycles. The summed E-state index contributed by atoms with van der Waals surface area (Å²) in [6.07, 6.45) is 0.424. The second kappa shape index (κ2) is 9.06. The van der Waals surface area contributed by atoms with E-state index in [1.54, 1.807) is 11.0 Å². The van der Waals surface area contributed by atoms with Crippen molar-refractivity contribution in [3.8, 4) is 5.75 Å². The molecule has 0 bridgehead atoms. The zero-order valence-electron chi connectivity index (χ0n) is 17.3. The third-order valence-electron chi connectivity index (χ3n) is 5.65. The van der Waals surface area contributed by atoms with Gasteiger partial charge in [0.2, 0.25) is 11.8 Å². The Morgan fingerprint density at radius 3 is 2.78 bits per heavy atom. The fourth-order valence-corrected chi connectivity index (χ4v) is 3.99. The van der Waals surface area contributed by atoms with Gasteiger partial charge in [0.1, 0.15) is 5.75 Å². The molecule has 2 amide bonds. The monoisotopic (exact) mass is 444 g/mol. The van der Waals surface area contributed by atoms with Crippen LogP contribution in [0.25, 0.3) is 6.08 Å². The number of alkyl halides is 3. The molecule has 0 radical (unpaired) electrons. The van der Waals surface area contributed by atoms with E-state index in [0.717, 1.165) is 35.4 Å². The van der Waals surface area contributed by atoms with E-state index in [9.17, 15) is 22.8 Å². The fraction of sp³-hybridized carbons (Fsp3) is 0.333. The van der Waals surface area contributed by atoms with Gasteiger partial charge in [0.15, 0.2) is 0 Å². The Morgan fingerprint density at radius 1 is 1.19 bits per heavy atom. The number of carbonyl (C=O) groups is 2. The van der Waals surface area contributed by atoms with Gasteiger partial charge in [0.25, 0.3) is 0 Å². The van der Waals surface area contributed by atoms with Crippen LogP contribution in [0.3, 0.4) is 0 Å². The molecule has 0 spiro atoms. The molecule has 4 rings (SSSR count). The van der Waals surface area contributed by atoms with E-state index < -0.39 is 23.7 Å². The van der Waals surface area contributed by atoms with Crippen molar-refractivity contribution in [1.82, 2.24) is 10.2 Å². The van der Waals surface area contributed by atoms with Crippen LogP contribution in [0.5, 0.6) is 5.75 Å². The number of fused-ring (bicyclic) bond motifs is 1. The smallest absolute Gasteiger partial charge is 0.416 e. The fourth-order valence-electron chi connectivity index (χ4n) is 3.99. The van der Waals surface area contributed by atoms with Crippen molar-refractivity contribution in [3.05, 3.63) is 70.8 Å². The predicted molar refractivity (Wildman–Crippen MR) is 113 cm³/mol.